The number of hydrogen-bond donors (Lipinski definition) is 1. The SMILES string of the molecule is CCc1ccc(-c2[nH]c3ccc(S(=O)(=O)N4CCOCC4)cc3c2C=O)cc1. The average molecular weight is 398 g/mol. The number of fused-ring (bicyclic) bond motifs is 1. The standard InChI is InChI=1S/C21H22N2O4S/c1-2-15-3-5-16(6-4-15)21-19(14-24)18-13-17(7-8-20(18)22-21)28(25,26)23-9-11-27-12-10-23/h3-8,13-14,22H,2,9-12H2,1H3. The molecule has 1 aromatic heterocycles. The fourth-order valence-electron chi connectivity index (χ4n) is 3.55. The van der Waals surface area contributed by atoms with E-state index in [0.717, 1.165) is 23.8 Å². The van der Waals surface area contributed by atoms with Gasteiger partial charge in [-0.2, -0.15) is 4.31 Å². The van der Waals surface area contributed by atoms with Crippen LogP contribution < -0.4 is 0 Å². The summed E-state index contributed by atoms with van der Waals surface area (Å²) in [5, 5.41) is 0.610. The predicted octanol–water partition coefficient (Wildman–Crippen LogP) is 3.23. The summed E-state index contributed by atoms with van der Waals surface area (Å²) in [5.74, 6) is 0. The van der Waals surface area contributed by atoms with E-state index < -0.39 is 10.0 Å². The lowest BCUT2D eigenvalue weighted by Gasteiger charge is -2.26. The summed E-state index contributed by atoms with van der Waals surface area (Å²) in [6, 6.07) is 12.9. The van der Waals surface area contributed by atoms with Crippen LogP contribution >= 0.6 is 0 Å². The van der Waals surface area contributed by atoms with E-state index in [9.17, 15) is 13.2 Å². The average Bonchev–Trinajstić information content (AvgIpc) is 3.12. The van der Waals surface area contributed by atoms with Crippen molar-refractivity contribution in [3.8, 4) is 11.3 Å². The maximum absolute atomic E-state index is 12.9. The monoisotopic (exact) mass is 398 g/mol. The van der Waals surface area contributed by atoms with Gasteiger partial charge in [0.15, 0.2) is 6.29 Å². The van der Waals surface area contributed by atoms with E-state index in [1.165, 1.54) is 9.87 Å². The number of hydrogen-bond acceptors (Lipinski definition) is 4. The Kier molecular flexibility index (Phi) is 5.05. The highest BCUT2D eigenvalue weighted by molar-refractivity contribution is 7.89. The van der Waals surface area contributed by atoms with Crippen molar-refractivity contribution in [3.63, 3.8) is 0 Å². The van der Waals surface area contributed by atoms with Crippen molar-refractivity contribution in [1.82, 2.24) is 9.29 Å². The van der Waals surface area contributed by atoms with Crippen molar-refractivity contribution < 1.29 is 17.9 Å². The largest absolute Gasteiger partial charge is 0.379 e. The second-order valence-corrected chi connectivity index (χ2v) is 8.74. The maximum Gasteiger partial charge on any atom is 0.243 e. The molecule has 0 bridgehead atoms. The molecule has 28 heavy (non-hydrogen) atoms. The van der Waals surface area contributed by atoms with Gasteiger partial charge in [0.25, 0.3) is 0 Å². The molecule has 1 saturated heterocycles. The second kappa shape index (κ2) is 7.50. The summed E-state index contributed by atoms with van der Waals surface area (Å²) in [6.45, 7) is 3.55. The number of aromatic nitrogens is 1. The van der Waals surface area contributed by atoms with Gasteiger partial charge in [0.05, 0.1) is 23.8 Å². The Labute approximate surface area is 164 Å². The van der Waals surface area contributed by atoms with E-state index in [-0.39, 0.29) is 4.90 Å². The van der Waals surface area contributed by atoms with Crippen molar-refractivity contribution in [2.75, 3.05) is 26.3 Å². The number of sulfonamides is 1. The zero-order valence-electron chi connectivity index (χ0n) is 15.6. The van der Waals surface area contributed by atoms with Gasteiger partial charge in [0, 0.05) is 29.6 Å². The first-order valence-electron chi connectivity index (χ1n) is 9.32. The van der Waals surface area contributed by atoms with Gasteiger partial charge < -0.3 is 9.72 Å². The van der Waals surface area contributed by atoms with E-state index in [1.807, 2.05) is 24.3 Å². The third-order valence-corrected chi connectivity index (χ3v) is 7.08. The Hall–Kier alpha value is -2.48. The lowest BCUT2D eigenvalue weighted by atomic mass is 10.0. The molecule has 0 radical (unpaired) electrons. The Morgan fingerprint density at radius 1 is 1.11 bits per heavy atom. The van der Waals surface area contributed by atoms with Gasteiger partial charge in [0.2, 0.25) is 10.0 Å². The lowest BCUT2D eigenvalue weighted by Crippen LogP contribution is -2.40. The number of aryl methyl sites for hydroxylation is 1. The van der Waals surface area contributed by atoms with Gasteiger partial charge in [-0.05, 0) is 35.7 Å². The number of benzene rings is 2. The molecule has 3 aromatic rings. The molecule has 1 aliphatic rings. The minimum atomic E-state index is -3.62. The molecule has 0 atom stereocenters. The van der Waals surface area contributed by atoms with Gasteiger partial charge in [-0.15, -0.1) is 0 Å². The number of aldehydes is 1. The minimum Gasteiger partial charge on any atom is -0.379 e. The first-order chi connectivity index (χ1) is 13.5. The Morgan fingerprint density at radius 2 is 1.82 bits per heavy atom. The number of morpholine rings is 1. The highest BCUT2D eigenvalue weighted by Gasteiger charge is 2.27. The van der Waals surface area contributed by atoms with E-state index >= 15 is 0 Å². The summed E-state index contributed by atoms with van der Waals surface area (Å²) >= 11 is 0. The summed E-state index contributed by atoms with van der Waals surface area (Å²) in [4.78, 5) is 15.3. The van der Waals surface area contributed by atoms with Crippen LogP contribution in [-0.4, -0.2) is 50.3 Å². The van der Waals surface area contributed by atoms with E-state index in [4.69, 9.17) is 4.74 Å². The normalized spacial score (nSPS) is 15.8. The first kappa shape index (κ1) is 18.9. The summed E-state index contributed by atoms with van der Waals surface area (Å²) < 4.78 is 32.6. The van der Waals surface area contributed by atoms with Crippen LogP contribution in [0, 0.1) is 0 Å². The van der Waals surface area contributed by atoms with Crippen molar-refractivity contribution >= 4 is 27.2 Å². The third-order valence-electron chi connectivity index (χ3n) is 5.19. The van der Waals surface area contributed by atoms with E-state index in [1.54, 1.807) is 18.2 Å². The number of carbonyl (C=O) groups excluding carboxylic acids is 1. The molecule has 2 aromatic carbocycles. The van der Waals surface area contributed by atoms with Crippen molar-refractivity contribution in [2.45, 2.75) is 18.2 Å². The van der Waals surface area contributed by atoms with Crippen LogP contribution in [0.4, 0.5) is 0 Å². The van der Waals surface area contributed by atoms with Crippen molar-refractivity contribution in [3.05, 3.63) is 53.6 Å². The second-order valence-electron chi connectivity index (χ2n) is 6.81. The number of nitrogens with zero attached hydrogens (tertiary/aromatic N) is 1. The number of nitrogens with one attached hydrogen (secondary N) is 1. The summed E-state index contributed by atoms with van der Waals surface area (Å²) in [6.07, 6.45) is 1.73. The van der Waals surface area contributed by atoms with Gasteiger partial charge >= 0.3 is 0 Å². The number of rotatable bonds is 5. The van der Waals surface area contributed by atoms with Crippen LogP contribution in [0.25, 0.3) is 22.2 Å². The first-order valence-corrected chi connectivity index (χ1v) is 10.8. The molecule has 0 saturated carbocycles. The van der Waals surface area contributed by atoms with Crippen molar-refractivity contribution in [1.29, 1.82) is 0 Å². The molecular weight excluding hydrogens is 376 g/mol. The highest BCUT2D eigenvalue weighted by Crippen LogP contribution is 2.31. The molecule has 0 aliphatic carbocycles. The zero-order valence-corrected chi connectivity index (χ0v) is 16.5. The van der Waals surface area contributed by atoms with Crippen LogP contribution in [0.2, 0.25) is 0 Å². The smallest absolute Gasteiger partial charge is 0.243 e. The molecule has 7 heteroatoms. The number of carbonyl (C=O) groups is 1. The lowest BCUT2D eigenvalue weighted by molar-refractivity contribution is 0.0730. The van der Waals surface area contributed by atoms with E-state index in [0.29, 0.717) is 42.9 Å². The molecule has 1 fully saturated rings. The van der Waals surface area contributed by atoms with E-state index in [2.05, 4.69) is 11.9 Å². The van der Waals surface area contributed by atoms with Gasteiger partial charge in [-0.1, -0.05) is 31.2 Å². The summed E-state index contributed by atoms with van der Waals surface area (Å²) in [5.41, 5.74) is 4.02. The van der Waals surface area contributed by atoms with Crippen LogP contribution in [0.3, 0.4) is 0 Å². The number of H-pyrrole nitrogens is 1. The Balaban J connectivity index is 1.80. The molecule has 0 unspecified atom stereocenters. The maximum atomic E-state index is 12.9. The molecule has 6 nitrogen and oxygen atoms in total. The highest BCUT2D eigenvalue weighted by atomic mass is 32.2. The molecule has 0 spiro atoms. The van der Waals surface area contributed by atoms with Crippen molar-refractivity contribution in [2.24, 2.45) is 0 Å². The van der Waals surface area contributed by atoms with Crippen LogP contribution in [0.1, 0.15) is 22.8 Å². The topological polar surface area (TPSA) is 79.5 Å². The Morgan fingerprint density at radius 3 is 2.46 bits per heavy atom. The zero-order chi connectivity index (χ0) is 19.7. The van der Waals surface area contributed by atoms with Gasteiger partial charge in [0.1, 0.15) is 0 Å². The van der Waals surface area contributed by atoms with Crippen LogP contribution in [0.5, 0.6) is 0 Å². The quantitative estimate of drug-likeness (QED) is 0.669. The molecule has 1 N–H and O–H groups in total. The Bertz CT molecular complexity index is 1110. The molecule has 1 aliphatic heterocycles. The molecular formula is C21H22N2O4S. The fraction of sp³-hybridized carbons (Fsp3) is 0.286. The molecule has 2 heterocycles. The number of ether oxygens (including phenoxy) is 1. The third kappa shape index (κ3) is 3.26. The van der Waals surface area contributed by atoms with Gasteiger partial charge in [-0.25, -0.2) is 8.42 Å². The minimum absolute atomic E-state index is 0.192. The molecule has 4 rings (SSSR count). The van der Waals surface area contributed by atoms with Gasteiger partial charge in [-0.3, -0.25) is 4.79 Å². The summed E-state index contributed by atoms with van der Waals surface area (Å²) in [7, 11) is -3.62. The van der Waals surface area contributed by atoms with Crippen LogP contribution in [0.15, 0.2) is 47.4 Å². The fourth-order valence-corrected chi connectivity index (χ4v) is 4.98. The molecule has 0 amide bonds. The predicted molar refractivity (Wildman–Crippen MR) is 108 cm³/mol. The molecule has 146 valence electrons. The number of aromatic amines is 1. The van der Waals surface area contributed by atoms with Crippen LogP contribution in [-0.2, 0) is 21.2 Å².